The molecule has 1 amide bonds. The van der Waals surface area contributed by atoms with Gasteiger partial charge in [-0.05, 0) is 48.5 Å². The molecule has 5 rings (SSSR count). The standard InChI is InChI=1S/C25H19N3O5S/c1-32-24-14-20-19-4-2-3-5-22(19)33-23(20)15-21(24)27-25(29)16-6-8-18(9-7-16)34(30,31)28-17-10-12-26-13-11-17/h2-15H,1H3,(H,26,28)(H,27,29). The third kappa shape index (κ3) is 4.04. The van der Waals surface area contributed by atoms with Gasteiger partial charge in [0.1, 0.15) is 16.9 Å². The highest BCUT2D eigenvalue weighted by Crippen LogP contribution is 2.36. The summed E-state index contributed by atoms with van der Waals surface area (Å²) in [7, 11) is -2.28. The van der Waals surface area contributed by atoms with Crippen molar-refractivity contribution in [3.8, 4) is 5.75 Å². The quantitative estimate of drug-likeness (QED) is 0.357. The third-order valence-corrected chi connectivity index (χ3v) is 6.70. The van der Waals surface area contributed by atoms with Crippen LogP contribution in [0.5, 0.6) is 5.75 Å². The Hall–Kier alpha value is -4.37. The Balaban J connectivity index is 1.39. The lowest BCUT2D eigenvalue weighted by Crippen LogP contribution is -2.15. The molecule has 0 aliphatic carbocycles. The highest BCUT2D eigenvalue weighted by molar-refractivity contribution is 7.92. The number of nitrogens with zero attached hydrogens (tertiary/aromatic N) is 1. The molecule has 34 heavy (non-hydrogen) atoms. The number of carbonyl (C=O) groups excluding carboxylic acids is 1. The summed E-state index contributed by atoms with van der Waals surface area (Å²) in [6.45, 7) is 0. The summed E-state index contributed by atoms with van der Waals surface area (Å²) in [4.78, 5) is 16.8. The summed E-state index contributed by atoms with van der Waals surface area (Å²) in [5.74, 6) is 0.0629. The van der Waals surface area contributed by atoms with E-state index >= 15 is 0 Å². The van der Waals surface area contributed by atoms with Crippen LogP contribution in [-0.2, 0) is 10.0 Å². The summed E-state index contributed by atoms with van der Waals surface area (Å²) >= 11 is 0. The Labute approximate surface area is 195 Å². The zero-order valence-electron chi connectivity index (χ0n) is 18.0. The lowest BCUT2D eigenvalue weighted by atomic mass is 10.1. The molecular formula is C25H19N3O5S. The monoisotopic (exact) mass is 473 g/mol. The van der Waals surface area contributed by atoms with Gasteiger partial charge < -0.3 is 14.5 Å². The Morgan fingerprint density at radius 3 is 2.38 bits per heavy atom. The van der Waals surface area contributed by atoms with E-state index in [4.69, 9.17) is 9.15 Å². The number of pyridine rings is 1. The van der Waals surface area contributed by atoms with Gasteiger partial charge in [0.15, 0.2) is 0 Å². The number of amides is 1. The smallest absolute Gasteiger partial charge is 0.261 e. The molecule has 0 fully saturated rings. The molecule has 0 aliphatic rings. The van der Waals surface area contributed by atoms with Crippen molar-refractivity contribution < 1.29 is 22.4 Å². The van der Waals surface area contributed by atoms with Crippen LogP contribution < -0.4 is 14.8 Å². The maximum atomic E-state index is 12.9. The van der Waals surface area contributed by atoms with Crippen molar-refractivity contribution in [1.82, 2.24) is 4.98 Å². The molecule has 0 radical (unpaired) electrons. The highest BCUT2D eigenvalue weighted by atomic mass is 32.2. The lowest BCUT2D eigenvalue weighted by molar-refractivity contribution is 0.102. The Bertz CT molecular complexity index is 1610. The number of benzene rings is 3. The normalized spacial score (nSPS) is 11.4. The summed E-state index contributed by atoms with van der Waals surface area (Å²) in [5, 5.41) is 4.64. The van der Waals surface area contributed by atoms with E-state index in [1.54, 1.807) is 18.2 Å². The van der Waals surface area contributed by atoms with Crippen molar-refractivity contribution in [2.24, 2.45) is 0 Å². The van der Waals surface area contributed by atoms with Gasteiger partial charge in [0, 0.05) is 34.8 Å². The molecule has 5 aromatic rings. The fourth-order valence-corrected chi connectivity index (χ4v) is 4.69. The SMILES string of the molecule is COc1cc2c(cc1NC(=O)c1ccc(S(=O)(=O)Nc3ccncc3)cc1)oc1ccccc12. The second kappa shape index (κ2) is 8.53. The van der Waals surface area contributed by atoms with Crippen LogP contribution in [0.4, 0.5) is 11.4 Å². The number of aromatic nitrogens is 1. The largest absolute Gasteiger partial charge is 0.495 e. The van der Waals surface area contributed by atoms with Gasteiger partial charge >= 0.3 is 0 Å². The van der Waals surface area contributed by atoms with Gasteiger partial charge in [-0.1, -0.05) is 18.2 Å². The molecule has 2 aromatic heterocycles. The van der Waals surface area contributed by atoms with Crippen molar-refractivity contribution in [1.29, 1.82) is 0 Å². The molecule has 0 aliphatic heterocycles. The maximum absolute atomic E-state index is 12.9. The van der Waals surface area contributed by atoms with Gasteiger partial charge in [0.25, 0.3) is 15.9 Å². The van der Waals surface area contributed by atoms with E-state index in [1.165, 1.54) is 43.8 Å². The Morgan fingerprint density at radius 2 is 1.65 bits per heavy atom. The summed E-state index contributed by atoms with van der Waals surface area (Å²) in [6, 6.07) is 19.9. The van der Waals surface area contributed by atoms with Gasteiger partial charge in [0.05, 0.1) is 23.4 Å². The molecule has 2 heterocycles. The first kappa shape index (κ1) is 21.5. The van der Waals surface area contributed by atoms with Gasteiger partial charge in [-0.3, -0.25) is 14.5 Å². The van der Waals surface area contributed by atoms with Crippen LogP contribution in [-0.4, -0.2) is 26.4 Å². The van der Waals surface area contributed by atoms with Crippen molar-refractivity contribution in [2.75, 3.05) is 17.1 Å². The number of para-hydroxylation sites is 1. The first-order chi connectivity index (χ1) is 16.4. The van der Waals surface area contributed by atoms with E-state index in [0.717, 1.165) is 16.4 Å². The minimum absolute atomic E-state index is 0.0298. The molecule has 0 bridgehead atoms. The van der Waals surface area contributed by atoms with E-state index in [2.05, 4.69) is 15.0 Å². The Morgan fingerprint density at radius 1 is 0.912 bits per heavy atom. The zero-order valence-corrected chi connectivity index (χ0v) is 18.8. The number of hydrogen-bond donors (Lipinski definition) is 2. The number of nitrogens with one attached hydrogen (secondary N) is 2. The maximum Gasteiger partial charge on any atom is 0.261 e. The van der Waals surface area contributed by atoms with Gasteiger partial charge in [-0.15, -0.1) is 0 Å². The summed E-state index contributed by atoms with van der Waals surface area (Å²) in [6.07, 6.45) is 2.98. The minimum atomic E-state index is -3.80. The molecule has 8 nitrogen and oxygen atoms in total. The first-order valence-electron chi connectivity index (χ1n) is 10.3. The lowest BCUT2D eigenvalue weighted by Gasteiger charge is -2.11. The molecule has 0 spiro atoms. The predicted octanol–water partition coefficient (Wildman–Crippen LogP) is 5.04. The van der Waals surface area contributed by atoms with E-state index in [0.29, 0.717) is 22.7 Å². The molecule has 2 N–H and O–H groups in total. The number of hydrogen-bond acceptors (Lipinski definition) is 6. The van der Waals surface area contributed by atoms with Gasteiger partial charge in [-0.25, -0.2) is 8.42 Å². The van der Waals surface area contributed by atoms with E-state index in [-0.39, 0.29) is 10.5 Å². The zero-order chi connectivity index (χ0) is 23.7. The van der Waals surface area contributed by atoms with Crippen LogP contribution >= 0.6 is 0 Å². The molecule has 170 valence electrons. The topological polar surface area (TPSA) is 111 Å². The van der Waals surface area contributed by atoms with Crippen molar-refractivity contribution >= 4 is 49.2 Å². The van der Waals surface area contributed by atoms with Crippen LogP contribution in [0.1, 0.15) is 10.4 Å². The first-order valence-corrected chi connectivity index (χ1v) is 11.8. The average Bonchev–Trinajstić information content (AvgIpc) is 3.21. The fourth-order valence-electron chi connectivity index (χ4n) is 3.63. The molecule has 9 heteroatoms. The van der Waals surface area contributed by atoms with Crippen LogP contribution in [0.25, 0.3) is 21.9 Å². The number of carbonyl (C=O) groups is 1. The average molecular weight is 474 g/mol. The minimum Gasteiger partial charge on any atom is -0.495 e. The number of furan rings is 1. The number of rotatable bonds is 6. The molecule has 0 saturated heterocycles. The van der Waals surface area contributed by atoms with Crippen LogP contribution in [0.15, 0.2) is 94.5 Å². The highest BCUT2D eigenvalue weighted by Gasteiger charge is 2.17. The summed E-state index contributed by atoms with van der Waals surface area (Å²) in [5.41, 5.74) is 2.47. The molecular weight excluding hydrogens is 454 g/mol. The molecule has 0 saturated carbocycles. The van der Waals surface area contributed by atoms with Crippen LogP contribution in [0, 0.1) is 0 Å². The van der Waals surface area contributed by atoms with E-state index < -0.39 is 15.9 Å². The second-order valence-electron chi connectivity index (χ2n) is 7.47. The Kier molecular flexibility index (Phi) is 5.39. The van der Waals surface area contributed by atoms with Crippen LogP contribution in [0.2, 0.25) is 0 Å². The number of methoxy groups -OCH3 is 1. The number of sulfonamides is 1. The van der Waals surface area contributed by atoms with E-state index in [1.807, 2.05) is 30.3 Å². The van der Waals surface area contributed by atoms with E-state index in [9.17, 15) is 13.2 Å². The fraction of sp³-hybridized carbons (Fsp3) is 0.0400. The second-order valence-corrected chi connectivity index (χ2v) is 9.15. The van der Waals surface area contributed by atoms with Gasteiger partial charge in [0.2, 0.25) is 0 Å². The number of ether oxygens (including phenoxy) is 1. The van der Waals surface area contributed by atoms with Crippen molar-refractivity contribution in [3.63, 3.8) is 0 Å². The summed E-state index contributed by atoms with van der Waals surface area (Å²) < 4.78 is 39.0. The van der Waals surface area contributed by atoms with Crippen LogP contribution in [0.3, 0.4) is 0 Å². The molecule has 0 unspecified atom stereocenters. The molecule has 3 aromatic carbocycles. The number of anilines is 2. The predicted molar refractivity (Wildman–Crippen MR) is 130 cm³/mol. The van der Waals surface area contributed by atoms with Gasteiger partial charge in [-0.2, -0.15) is 0 Å². The van der Waals surface area contributed by atoms with Crippen molar-refractivity contribution in [3.05, 3.63) is 90.8 Å². The molecule has 0 atom stereocenters. The van der Waals surface area contributed by atoms with Crippen molar-refractivity contribution in [2.45, 2.75) is 4.90 Å². The number of fused-ring (bicyclic) bond motifs is 3. The third-order valence-electron chi connectivity index (χ3n) is 5.31.